The Balaban J connectivity index is 1.38. The van der Waals surface area contributed by atoms with Gasteiger partial charge < -0.3 is 19.4 Å². The molecule has 37 heavy (non-hydrogen) atoms. The van der Waals surface area contributed by atoms with E-state index in [1.807, 2.05) is 49.5 Å². The van der Waals surface area contributed by atoms with Gasteiger partial charge in [0.05, 0.1) is 13.2 Å². The zero-order valence-electron chi connectivity index (χ0n) is 21.0. The quantitative estimate of drug-likeness (QED) is 0.314. The number of nitrogens with zero attached hydrogens (tertiary/aromatic N) is 2. The van der Waals surface area contributed by atoms with Crippen LogP contribution in [0.15, 0.2) is 79.0 Å². The third kappa shape index (κ3) is 6.34. The Morgan fingerprint density at radius 2 is 1.81 bits per heavy atom. The van der Waals surface area contributed by atoms with E-state index in [2.05, 4.69) is 39.2 Å². The monoisotopic (exact) mass is 517 g/mol. The third-order valence-electron chi connectivity index (χ3n) is 6.86. The normalized spacial score (nSPS) is 15.0. The van der Waals surface area contributed by atoms with E-state index in [1.54, 1.807) is 12.1 Å². The Labute approximate surface area is 222 Å². The minimum atomic E-state index is -0.122. The predicted octanol–water partition coefficient (Wildman–Crippen LogP) is 5.59. The Kier molecular flexibility index (Phi) is 8.09. The fraction of sp³-hybridized carbons (Fsp3) is 0.300. The summed E-state index contributed by atoms with van der Waals surface area (Å²) >= 11 is 6.02. The average Bonchev–Trinajstić information content (AvgIpc) is 3.25. The van der Waals surface area contributed by atoms with E-state index < -0.39 is 0 Å². The topological polar surface area (TPSA) is 55.7 Å². The number of carbonyl (C=O) groups excluding carboxylic acids is 1. The number of para-hydroxylation sites is 1. The molecule has 0 bridgehead atoms. The molecule has 1 aromatic heterocycles. The van der Waals surface area contributed by atoms with E-state index in [4.69, 9.17) is 21.1 Å². The van der Waals surface area contributed by atoms with Gasteiger partial charge in [0, 0.05) is 67.7 Å². The molecule has 1 fully saturated rings. The largest absolute Gasteiger partial charge is 0.457 e. The van der Waals surface area contributed by atoms with Crippen LogP contribution < -0.4 is 10.1 Å². The Morgan fingerprint density at radius 3 is 2.62 bits per heavy atom. The number of aryl methyl sites for hydroxylation is 1. The number of morpholine rings is 1. The van der Waals surface area contributed by atoms with Crippen molar-refractivity contribution in [1.29, 1.82) is 0 Å². The van der Waals surface area contributed by atoms with Gasteiger partial charge in [-0.05, 0) is 53.6 Å². The first-order valence-corrected chi connectivity index (χ1v) is 13.1. The van der Waals surface area contributed by atoms with Crippen LogP contribution in [0.4, 0.5) is 0 Å². The summed E-state index contributed by atoms with van der Waals surface area (Å²) in [6.45, 7) is 4.79. The molecule has 4 aromatic rings. The van der Waals surface area contributed by atoms with Crippen LogP contribution in [0.25, 0.3) is 10.9 Å². The lowest BCUT2D eigenvalue weighted by Crippen LogP contribution is -2.41. The number of carbonyl (C=O) groups is 1. The molecule has 7 heteroatoms. The number of benzene rings is 3. The molecule has 0 saturated carbocycles. The Morgan fingerprint density at radius 1 is 1.03 bits per heavy atom. The second-order valence-corrected chi connectivity index (χ2v) is 9.84. The molecule has 0 spiro atoms. The zero-order valence-corrected chi connectivity index (χ0v) is 21.8. The highest BCUT2D eigenvalue weighted by Crippen LogP contribution is 2.36. The van der Waals surface area contributed by atoms with Crippen LogP contribution in [0.3, 0.4) is 0 Å². The molecule has 2 heterocycles. The summed E-state index contributed by atoms with van der Waals surface area (Å²) in [5, 5.41) is 4.96. The number of ether oxygens (including phenoxy) is 2. The molecular formula is C30H32ClN3O3. The molecule has 1 amide bonds. The molecule has 0 unspecified atom stereocenters. The van der Waals surface area contributed by atoms with Crippen molar-refractivity contribution in [2.24, 2.45) is 7.05 Å². The van der Waals surface area contributed by atoms with Crippen molar-refractivity contribution in [3.63, 3.8) is 0 Å². The number of fused-ring (bicyclic) bond motifs is 1. The van der Waals surface area contributed by atoms with Crippen molar-refractivity contribution in [1.82, 2.24) is 14.8 Å². The zero-order chi connectivity index (χ0) is 25.6. The van der Waals surface area contributed by atoms with Crippen molar-refractivity contribution in [2.75, 3.05) is 39.4 Å². The number of aromatic nitrogens is 1. The second kappa shape index (κ2) is 11.8. The molecule has 0 aliphatic carbocycles. The van der Waals surface area contributed by atoms with Gasteiger partial charge >= 0.3 is 0 Å². The molecule has 3 aromatic carbocycles. The fourth-order valence-electron chi connectivity index (χ4n) is 4.93. The Bertz CT molecular complexity index is 1350. The van der Waals surface area contributed by atoms with E-state index in [0.717, 1.165) is 60.6 Å². The number of rotatable bonds is 9. The summed E-state index contributed by atoms with van der Waals surface area (Å²) in [6, 6.07) is 23.6. The van der Waals surface area contributed by atoms with Crippen molar-refractivity contribution < 1.29 is 14.3 Å². The van der Waals surface area contributed by atoms with Crippen LogP contribution in [0.5, 0.6) is 11.5 Å². The van der Waals surface area contributed by atoms with E-state index in [1.165, 1.54) is 0 Å². The summed E-state index contributed by atoms with van der Waals surface area (Å²) in [5.41, 5.74) is 3.31. The van der Waals surface area contributed by atoms with E-state index >= 15 is 0 Å². The van der Waals surface area contributed by atoms with Gasteiger partial charge in [-0.3, -0.25) is 9.69 Å². The summed E-state index contributed by atoms with van der Waals surface area (Å²) < 4.78 is 13.7. The molecule has 0 radical (unpaired) electrons. The van der Waals surface area contributed by atoms with Crippen molar-refractivity contribution in [3.8, 4) is 11.5 Å². The lowest BCUT2D eigenvalue weighted by atomic mass is 9.88. The standard InChI is InChI=1S/C30H32ClN3O3/c1-33-21-28(26-7-2-3-8-29(26)33)27(20-30(35)32-13-14-34-15-17-36-18-16-34)22-5-4-6-25(19-22)37-24-11-9-23(31)10-12-24/h2-12,19,21,27H,13-18,20H2,1H3,(H,32,35)/t27-/m1/s1. The van der Waals surface area contributed by atoms with Crippen molar-refractivity contribution in [3.05, 3.63) is 95.1 Å². The van der Waals surface area contributed by atoms with Gasteiger partial charge in [0.15, 0.2) is 0 Å². The number of halogens is 1. The second-order valence-electron chi connectivity index (χ2n) is 9.40. The molecular weight excluding hydrogens is 486 g/mol. The van der Waals surface area contributed by atoms with Crippen LogP contribution in [-0.2, 0) is 16.6 Å². The SMILES string of the molecule is Cn1cc([C@H](CC(=O)NCCN2CCOCC2)c2cccc(Oc3ccc(Cl)cc3)c2)c2ccccc21. The van der Waals surface area contributed by atoms with Crippen LogP contribution in [0.2, 0.25) is 5.02 Å². The van der Waals surface area contributed by atoms with Crippen molar-refractivity contribution in [2.45, 2.75) is 12.3 Å². The summed E-state index contributed by atoms with van der Waals surface area (Å²) in [7, 11) is 2.05. The van der Waals surface area contributed by atoms with Gasteiger partial charge in [-0.15, -0.1) is 0 Å². The molecule has 5 rings (SSSR count). The fourth-order valence-corrected chi connectivity index (χ4v) is 5.05. The maximum atomic E-state index is 13.2. The molecule has 1 N–H and O–H groups in total. The maximum absolute atomic E-state index is 13.2. The van der Waals surface area contributed by atoms with Crippen LogP contribution in [0, 0.1) is 0 Å². The van der Waals surface area contributed by atoms with Crippen LogP contribution in [0.1, 0.15) is 23.5 Å². The number of amides is 1. The molecule has 1 aliphatic heterocycles. The molecule has 1 aliphatic rings. The summed E-state index contributed by atoms with van der Waals surface area (Å²) in [4.78, 5) is 15.5. The van der Waals surface area contributed by atoms with Crippen LogP contribution in [-0.4, -0.2) is 54.8 Å². The minimum absolute atomic E-state index is 0.0372. The van der Waals surface area contributed by atoms with Crippen molar-refractivity contribution >= 4 is 28.4 Å². The number of nitrogens with one attached hydrogen (secondary N) is 1. The van der Waals surface area contributed by atoms with Gasteiger partial charge in [-0.1, -0.05) is 41.9 Å². The smallest absolute Gasteiger partial charge is 0.220 e. The average molecular weight is 518 g/mol. The number of hydrogen-bond acceptors (Lipinski definition) is 4. The third-order valence-corrected chi connectivity index (χ3v) is 7.11. The first-order valence-electron chi connectivity index (χ1n) is 12.7. The first kappa shape index (κ1) is 25.3. The maximum Gasteiger partial charge on any atom is 0.220 e. The highest BCUT2D eigenvalue weighted by Gasteiger charge is 2.23. The predicted molar refractivity (Wildman–Crippen MR) is 148 cm³/mol. The van der Waals surface area contributed by atoms with Gasteiger partial charge in [0.1, 0.15) is 11.5 Å². The van der Waals surface area contributed by atoms with E-state index in [9.17, 15) is 4.79 Å². The molecule has 1 saturated heterocycles. The van der Waals surface area contributed by atoms with E-state index in [-0.39, 0.29) is 11.8 Å². The van der Waals surface area contributed by atoms with Crippen LogP contribution >= 0.6 is 11.6 Å². The minimum Gasteiger partial charge on any atom is -0.457 e. The van der Waals surface area contributed by atoms with Gasteiger partial charge in [0.25, 0.3) is 0 Å². The van der Waals surface area contributed by atoms with Gasteiger partial charge in [0.2, 0.25) is 5.91 Å². The summed E-state index contributed by atoms with van der Waals surface area (Å²) in [5.74, 6) is 1.35. The lowest BCUT2D eigenvalue weighted by Gasteiger charge is -2.26. The number of hydrogen-bond donors (Lipinski definition) is 1. The van der Waals surface area contributed by atoms with Gasteiger partial charge in [-0.2, -0.15) is 0 Å². The Hall–Kier alpha value is -3.32. The van der Waals surface area contributed by atoms with Gasteiger partial charge in [-0.25, -0.2) is 0 Å². The summed E-state index contributed by atoms with van der Waals surface area (Å²) in [6.07, 6.45) is 2.49. The molecule has 192 valence electrons. The lowest BCUT2D eigenvalue weighted by molar-refractivity contribution is -0.121. The molecule has 1 atom stereocenters. The molecule has 6 nitrogen and oxygen atoms in total. The first-order chi connectivity index (χ1) is 18.1. The highest BCUT2D eigenvalue weighted by atomic mass is 35.5. The highest BCUT2D eigenvalue weighted by molar-refractivity contribution is 6.30. The van der Waals surface area contributed by atoms with E-state index in [0.29, 0.717) is 23.7 Å².